The Balaban J connectivity index is 2.64. The number of rotatable bonds is 10. The molecular weight excluding hydrogens is 354 g/mol. The minimum Gasteiger partial charge on any atom is -0.445 e. The number of carbonyl (C=O) groups is 4. The highest BCUT2D eigenvalue weighted by molar-refractivity contribution is 5.91. The number of aliphatic hydroxyl groups is 1. The lowest BCUT2D eigenvalue weighted by Crippen LogP contribution is -2.56. The summed E-state index contributed by atoms with van der Waals surface area (Å²) < 4.78 is 5.01. The van der Waals surface area contributed by atoms with E-state index in [1.807, 2.05) is 6.07 Å². The summed E-state index contributed by atoms with van der Waals surface area (Å²) in [5, 5.41) is 14.4. The number of nitrogens with one attached hydrogen (secondary N) is 2. The molecule has 0 aliphatic heterocycles. The molecule has 0 aromatic heterocycles. The van der Waals surface area contributed by atoms with Crippen LogP contribution in [0.4, 0.5) is 4.79 Å². The number of ketones is 1. The quantitative estimate of drug-likeness (QED) is 0.450. The Hall–Kier alpha value is -2.94. The number of hydrogen-bond donors (Lipinski definition) is 4. The van der Waals surface area contributed by atoms with Gasteiger partial charge in [0.05, 0.1) is 6.10 Å². The van der Waals surface area contributed by atoms with Crippen molar-refractivity contribution in [2.75, 3.05) is 0 Å². The van der Waals surface area contributed by atoms with Crippen LogP contribution in [0, 0.1) is 0 Å². The van der Waals surface area contributed by atoms with Gasteiger partial charge < -0.3 is 31.0 Å². The summed E-state index contributed by atoms with van der Waals surface area (Å²) in [4.78, 5) is 46.7. The summed E-state index contributed by atoms with van der Waals surface area (Å²) in [5.74, 6) is -1.79. The van der Waals surface area contributed by atoms with Gasteiger partial charge in [-0.3, -0.25) is 9.59 Å². The zero-order valence-electron chi connectivity index (χ0n) is 15.3. The van der Waals surface area contributed by atoms with Crippen molar-refractivity contribution in [3.8, 4) is 0 Å². The molecule has 3 atom stereocenters. The van der Waals surface area contributed by atoms with Crippen LogP contribution in [0.2, 0.25) is 0 Å². The molecule has 0 heterocycles. The zero-order valence-corrected chi connectivity index (χ0v) is 15.3. The number of alkyl carbamates (subject to hydrolysis) is 1. The van der Waals surface area contributed by atoms with Gasteiger partial charge in [-0.25, -0.2) is 4.79 Å². The van der Waals surface area contributed by atoms with Gasteiger partial charge in [-0.1, -0.05) is 30.3 Å². The van der Waals surface area contributed by atoms with Crippen molar-refractivity contribution in [2.45, 2.75) is 51.5 Å². The van der Waals surface area contributed by atoms with Gasteiger partial charge in [0.25, 0.3) is 0 Å². The van der Waals surface area contributed by atoms with Gasteiger partial charge in [0, 0.05) is 6.42 Å². The van der Waals surface area contributed by atoms with Crippen molar-refractivity contribution in [1.29, 1.82) is 0 Å². The van der Waals surface area contributed by atoms with Gasteiger partial charge in [-0.15, -0.1) is 0 Å². The van der Waals surface area contributed by atoms with Gasteiger partial charge in [0.2, 0.25) is 11.8 Å². The molecule has 0 radical (unpaired) electrons. The molecule has 27 heavy (non-hydrogen) atoms. The van der Waals surface area contributed by atoms with Crippen molar-refractivity contribution in [1.82, 2.24) is 10.6 Å². The number of carbonyl (C=O) groups excluding carboxylic acids is 4. The molecule has 1 aromatic rings. The summed E-state index contributed by atoms with van der Waals surface area (Å²) in [6.07, 6.45) is -2.07. The second-order valence-corrected chi connectivity index (χ2v) is 6.13. The van der Waals surface area contributed by atoms with Gasteiger partial charge in [-0.2, -0.15) is 0 Å². The second-order valence-electron chi connectivity index (χ2n) is 6.13. The highest BCUT2D eigenvalue weighted by Crippen LogP contribution is 2.03. The molecule has 0 saturated heterocycles. The molecule has 0 saturated carbocycles. The Kier molecular flexibility index (Phi) is 8.94. The van der Waals surface area contributed by atoms with Crippen LogP contribution >= 0.6 is 0 Å². The molecule has 0 unspecified atom stereocenters. The van der Waals surface area contributed by atoms with Crippen molar-refractivity contribution in [3.05, 3.63) is 35.9 Å². The van der Waals surface area contributed by atoms with E-state index in [1.165, 1.54) is 13.8 Å². The number of hydrogen-bond acceptors (Lipinski definition) is 6. The molecule has 0 fully saturated rings. The lowest BCUT2D eigenvalue weighted by molar-refractivity contribution is -0.130. The van der Waals surface area contributed by atoms with Crippen LogP contribution in [0.25, 0.3) is 0 Å². The molecule has 3 amide bonds. The first-order valence-electron chi connectivity index (χ1n) is 8.45. The molecular formula is C18H25N3O6. The van der Waals surface area contributed by atoms with E-state index in [2.05, 4.69) is 10.6 Å². The molecule has 9 nitrogen and oxygen atoms in total. The number of nitrogens with two attached hydrogens (primary N) is 1. The summed E-state index contributed by atoms with van der Waals surface area (Å²) in [6, 6.07) is 6.47. The average Bonchev–Trinajstić information content (AvgIpc) is 2.61. The second kappa shape index (κ2) is 10.9. The number of Topliss-reactive ketones (excluding diaryl/α,β-unsaturated/α-hetero) is 1. The summed E-state index contributed by atoms with van der Waals surface area (Å²) in [7, 11) is 0. The van der Waals surface area contributed by atoms with E-state index in [0.29, 0.717) is 0 Å². The van der Waals surface area contributed by atoms with E-state index in [4.69, 9.17) is 10.5 Å². The van der Waals surface area contributed by atoms with Crippen LogP contribution in [0.15, 0.2) is 30.3 Å². The standard InChI is InChI=1S/C18H25N3O6/c1-11(22)8-9-14(16(19)24)20-17(25)15(12(2)23)21-18(26)27-10-13-6-4-3-5-7-13/h3-7,12,14-15,23H,8-10H2,1-2H3,(H2,19,24)(H,20,25)(H,21,26)/t12-,14+,15+/m1/s1. The van der Waals surface area contributed by atoms with Crippen molar-refractivity contribution >= 4 is 23.7 Å². The molecule has 1 aromatic carbocycles. The lowest BCUT2D eigenvalue weighted by Gasteiger charge is -2.23. The highest BCUT2D eigenvalue weighted by Gasteiger charge is 2.29. The van der Waals surface area contributed by atoms with Crippen LogP contribution in [-0.2, 0) is 25.7 Å². The fourth-order valence-electron chi connectivity index (χ4n) is 2.19. The minimum atomic E-state index is -1.35. The van der Waals surface area contributed by atoms with Crippen LogP contribution in [0.3, 0.4) is 0 Å². The van der Waals surface area contributed by atoms with E-state index in [-0.39, 0.29) is 25.2 Å². The largest absolute Gasteiger partial charge is 0.445 e. The van der Waals surface area contributed by atoms with Gasteiger partial charge in [0.15, 0.2) is 0 Å². The van der Waals surface area contributed by atoms with Crippen LogP contribution in [0.1, 0.15) is 32.3 Å². The molecule has 0 aliphatic rings. The Morgan fingerprint density at radius 3 is 2.30 bits per heavy atom. The van der Waals surface area contributed by atoms with Crippen molar-refractivity contribution in [3.63, 3.8) is 0 Å². The van der Waals surface area contributed by atoms with Crippen LogP contribution in [-0.4, -0.2) is 47.0 Å². The molecule has 5 N–H and O–H groups in total. The zero-order chi connectivity index (χ0) is 20.4. The molecule has 0 aliphatic carbocycles. The maximum Gasteiger partial charge on any atom is 0.408 e. The first-order chi connectivity index (χ1) is 12.7. The molecule has 0 bridgehead atoms. The predicted molar refractivity (Wildman–Crippen MR) is 96.3 cm³/mol. The Labute approximate surface area is 157 Å². The third-order valence-electron chi connectivity index (χ3n) is 3.70. The van der Waals surface area contributed by atoms with E-state index < -0.39 is 36.1 Å². The van der Waals surface area contributed by atoms with Gasteiger partial charge in [-0.05, 0) is 25.8 Å². The first-order valence-corrected chi connectivity index (χ1v) is 8.45. The van der Waals surface area contributed by atoms with E-state index in [0.717, 1.165) is 5.56 Å². The summed E-state index contributed by atoms with van der Waals surface area (Å²) >= 11 is 0. The normalized spacial score (nSPS) is 13.7. The number of amides is 3. The monoisotopic (exact) mass is 379 g/mol. The summed E-state index contributed by atoms with van der Waals surface area (Å²) in [5.41, 5.74) is 5.97. The first kappa shape index (κ1) is 22.1. The minimum absolute atomic E-state index is 0.0106. The van der Waals surface area contributed by atoms with Crippen molar-refractivity contribution < 1.29 is 29.0 Å². The third kappa shape index (κ3) is 8.32. The smallest absolute Gasteiger partial charge is 0.408 e. The average molecular weight is 379 g/mol. The maximum absolute atomic E-state index is 12.3. The Morgan fingerprint density at radius 2 is 1.78 bits per heavy atom. The number of primary amides is 1. The Morgan fingerprint density at radius 1 is 1.15 bits per heavy atom. The predicted octanol–water partition coefficient (Wildman–Crippen LogP) is 0.00150. The van der Waals surface area contributed by atoms with Crippen LogP contribution in [0.5, 0.6) is 0 Å². The molecule has 0 spiro atoms. The third-order valence-corrected chi connectivity index (χ3v) is 3.70. The van der Waals surface area contributed by atoms with Gasteiger partial charge in [0.1, 0.15) is 24.5 Å². The number of aliphatic hydroxyl groups excluding tert-OH is 1. The van der Waals surface area contributed by atoms with E-state index in [1.54, 1.807) is 24.3 Å². The molecule has 1 rings (SSSR count). The fraction of sp³-hybridized carbons (Fsp3) is 0.444. The highest BCUT2D eigenvalue weighted by atomic mass is 16.5. The topological polar surface area (TPSA) is 148 Å². The summed E-state index contributed by atoms with van der Waals surface area (Å²) in [6.45, 7) is 2.64. The lowest BCUT2D eigenvalue weighted by atomic mass is 10.1. The molecule has 148 valence electrons. The molecule has 9 heteroatoms. The maximum atomic E-state index is 12.3. The number of ether oxygens (including phenoxy) is 1. The van der Waals surface area contributed by atoms with Crippen LogP contribution < -0.4 is 16.4 Å². The van der Waals surface area contributed by atoms with E-state index in [9.17, 15) is 24.3 Å². The number of benzene rings is 1. The fourth-order valence-corrected chi connectivity index (χ4v) is 2.19. The van der Waals surface area contributed by atoms with Gasteiger partial charge >= 0.3 is 6.09 Å². The van der Waals surface area contributed by atoms with E-state index >= 15 is 0 Å². The van der Waals surface area contributed by atoms with Crippen molar-refractivity contribution in [2.24, 2.45) is 5.73 Å². The SMILES string of the molecule is CC(=O)CC[C@H](NC(=O)[C@@H](NC(=O)OCc1ccccc1)[C@@H](C)O)C(N)=O. The Bertz CT molecular complexity index is 662.